The summed E-state index contributed by atoms with van der Waals surface area (Å²) in [4.78, 5) is 16.2. The summed E-state index contributed by atoms with van der Waals surface area (Å²) < 4.78 is 10.5. The molecule has 0 saturated carbocycles. The van der Waals surface area contributed by atoms with E-state index in [9.17, 15) is 4.79 Å². The zero-order valence-electron chi connectivity index (χ0n) is 14.0. The molecule has 0 unspecified atom stereocenters. The maximum atomic E-state index is 12.1. The Hall–Kier alpha value is -2.27. The van der Waals surface area contributed by atoms with Crippen LogP contribution in [-0.2, 0) is 4.79 Å². The Kier molecular flexibility index (Phi) is 6.23. The van der Waals surface area contributed by atoms with Crippen LogP contribution in [0.4, 0.5) is 0 Å². The number of methoxy groups -OCH3 is 2. The average Bonchev–Trinajstić information content (AvgIpc) is 2.58. The lowest BCUT2D eigenvalue weighted by molar-refractivity contribution is -0.127. The Bertz CT molecular complexity index is 588. The highest BCUT2D eigenvalue weighted by atomic mass is 16.5. The van der Waals surface area contributed by atoms with E-state index in [4.69, 9.17) is 9.47 Å². The number of benzene rings is 1. The van der Waals surface area contributed by atoms with Gasteiger partial charge in [-0.1, -0.05) is 24.3 Å². The third-order valence-corrected chi connectivity index (χ3v) is 3.86. The molecule has 2 rings (SSSR count). The summed E-state index contributed by atoms with van der Waals surface area (Å²) in [6, 6.07) is 5.69. The van der Waals surface area contributed by atoms with Gasteiger partial charge in [0.2, 0.25) is 5.91 Å². The number of hydrogen-bond donors (Lipinski definition) is 0. The van der Waals surface area contributed by atoms with Crippen molar-refractivity contribution in [3.8, 4) is 11.5 Å². The molecule has 1 fully saturated rings. The average molecular weight is 316 g/mol. The topological polar surface area (TPSA) is 42.0 Å². The van der Waals surface area contributed by atoms with Gasteiger partial charge < -0.3 is 19.3 Å². The lowest BCUT2D eigenvalue weighted by atomic mass is 10.2. The molecule has 0 spiro atoms. The maximum Gasteiger partial charge on any atom is 0.246 e. The fourth-order valence-corrected chi connectivity index (χ4v) is 2.39. The highest BCUT2D eigenvalue weighted by Crippen LogP contribution is 2.27. The van der Waals surface area contributed by atoms with Crippen LogP contribution in [0.3, 0.4) is 0 Å². The van der Waals surface area contributed by atoms with Gasteiger partial charge in [0.25, 0.3) is 0 Å². The number of likely N-dealkylation sites (N-methyl/N-ethyl adjacent to an activating group) is 1. The number of ether oxygens (including phenoxy) is 2. The number of rotatable bonds is 5. The Morgan fingerprint density at radius 2 is 1.74 bits per heavy atom. The molecular formula is C18H24N2O3. The first-order valence-corrected chi connectivity index (χ1v) is 7.68. The van der Waals surface area contributed by atoms with Crippen LogP contribution >= 0.6 is 0 Å². The van der Waals surface area contributed by atoms with Crippen LogP contribution in [0, 0.1) is 0 Å². The number of carbonyl (C=O) groups is 1. The molecule has 1 aliphatic heterocycles. The van der Waals surface area contributed by atoms with Crippen molar-refractivity contribution in [2.75, 3.05) is 47.4 Å². The Balaban J connectivity index is 1.92. The van der Waals surface area contributed by atoms with Gasteiger partial charge in [-0.05, 0) is 24.7 Å². The second kappa shape index (κ2) is 8.39. The van der Waals surface area contributed by atoms with Gasteiger partial charge in [0, 0.05) is 32.3 Å². The van der Waals surface area contributed by atoms with E-state index in [0.29, 0.717) is 11.5 Å². The molecule has 0 aromatic heterocycles. The van der Waals surface area contributed by atoms with Gasteiger partial charge in [-0.15, -0.1) is 0 Å². The van der Waals surface area contributed by atoms with Crippen LogP contribution < -0.4 is 9.47 Å². The first-order valence-electron chi connectivity index (χ1n) is 7.68. The second-order valence-electron chi connectivity index (χ2n) is 5.46. The first kappa shape index (κ1) is 17.1. The van der Waals surface area contributed by atoms with Gasteiger partial charge in [0.05, 0.1) is 14.2 Å². The lowest BCUT2D eigenvalue weighted by Gasteiger charge is -2.31. The van der Waals surface area contributed by atoms with Crippen LogP contribution in [0.25, 0.3) is 6.08 Å². The quantitative estimate of drug-likeness (QED) is 0.616. The number of carbonyl (C=O) groups excluding carboxylic acids is 1. The third-order valence-electron chi connectivity index (χ3n) is 3.86. The van der Waals surface area contributed by atoms with Crippen molar-refractivity contribution in [3.05, 3.63) is 42.0 Å². The summed E-state index contributed by atoms with van der Waals surface area (Å²) in [6.45, 7) is 3.44. The minimum atomic E-state index is 0.0649. The molecule has 1 aromatic rings. The van der Waals surface area contributed by atoms with Crippen molar-refractivity contribution < 1.29 is 14.3 Å². The summed E-state index contributed by atoms with van der Waals surface area (Å²) in [5.41, 5.74) is 0.986. The van der Waals surface area contributed by atoms with Gasteiger partial charge >= 0.3 is 0 Å². The van der Waals surface area contributed by atoms with Gasteiger partial charge in [0.1, 0.15) is 0 Å². The monoisotopic (exact) mass is 316 g/mol. The van der Waals surface area contributed by atoms with Crippen LogP contribution in [0.15, 0.2) is 36.4 Å². The van der Waals surface area contributed by atoms with Crippen LogP contribution in [0.2, 0.25) is 0 Å². The molecule has 1 amide bonds. The van der Waals surface area contributed by atoms with Gasteiger partial charge in [-0.25, -0.2) is 0 Å². The first-order chi connectivity index (χ1) is 11.1. The molecule has 0 atom stereocenters. The fourth-order valence-electron chi connectivity index (χ4n) is 2.39. The van der Waals surface area contributed by atoms with Crippen molar-refractivity contribution >= 4 is 12.0 Å². The number of hydrogen-bond acceptors (Lipinski definition) is 4. The molecule has 1 saturated heterocycles. The molecule has 1 aromatic carbocycles. The van der Waals surface area contributed by atoms with Crippen LogP contribution in [0.5, 0.6) is 11.5 Å². The van der Waals surface area contributed by atoms with E-state index >= 15 is 0 Å². The van der Waals surface area contributed by atoms with E-state index < -0.39 is 0 Å². The summed E-state index contributed by atoms with van der Waals surface area (Å²) in [5, 5.41) is 0. The summed E-state index contributed by atoms with van der Waals surface area (Å²) in [5.74, 6) is 1.45. The van der Waals surface area contributed by atoms with Gasteiger partial charge in [0.15, 0.2) is 11.5 Å². The molecule has 124 valence electrons. The molecule has 0 N–H and O–H groups in total. The molecule has 5 heteroatoms. The number of nitrogens with zero attached hydrogens (tertiary/aromatic N) is 2. The predicted molar refractivity (Wildman–Crippen MR) is 91.8 cm³/mol. The van der Waals surface area contributed by atoms with Crippen LogP contribution in [0.1, 0.15) is 5.56 Å². The number of amides is 1. The Labute approximate surface area is 137 Å². The summed E-state index contributed by atoms with van der Waals surface area (Å²) in [6.07, 6.45) is 7.17. The van der Waals surface area contributed by atoms with E-state index in [1.54, 1.807) is 26.4 Å². The Morgan fingerprint density at radius 1 is 1.04 bits per heavy atom. The molecule has 0 bridgehead atoms. The minimum Gasteiger partial charge on any atom is -0.493 e. The summed E-state index contributed by atoms with van der Waals surface area (Å²) in [7, 11) is 5.30. The van der Waals surface area contributed by atoms with Crippen molar-refractivity contribution in [1.29, 1.82) is 0 Å². The van der Waals surface area contributed by atoms with E-state index in [1.165, 1.54) is 0 Å². The summed E-state index contributed by atoms with van der Waals surface area (Å²) >= 11 is 0. The zero-order valence-corrected chi connectivity index (χ0v) is 14.0. The van der Waals surface area contributed by atoms with Crippen molar-refractivity contribution in [2.45, 2.75) is 0 Å². The Morgan fingerprint density at radius 3 is 2.39 bits per heavy atom. The van der Waals surface area contributed by atoms with Crippen molar-refractivity contribution in [3.63, 3.8) is 0 Å². The second-order valence-corrected chi connectivity index (χ2v) is 5.46. The van der Waals surface area contributed by atoms with Gasteiger partial charge in [-0.3, -0.25) is 4.79 Å². The number of piperazine rings is 1. The lowest BCUT2D eigenvalue weighted by Crippen LogP contribution is -2.46. The normalized spacial score (nSPS) is 16.2. The SMILES string of the molecule is COc1ccc(/C=C/C=C/C(=O)N2CCN(C)CC2)cc1OC. The predicted octanol–water partition coefficient (Wildman–Crippen LogP) is 2.05. The van der Waals surface area contributed by atoms with Crippen LogP contribution in [-0.4, -0.2) is 63.2 Å². The molecule has 23 heavy (non-hydrogen) atoms. The van der Waals surface area contributed by atoms with E-state index in [-0.39, 0.29) is 5.91 Å². The molecule has 0 radical (unpaired) electrons. The highest BCUT2D eigenvalue weighted by Gasteiger charge is 2.16. The van der Waals surface area contributed by atoms with E-state index in [0.717, 1.165) is 31.7 Å². The maximum absolute atomic E-state index is 12.1. The standard InChI is InChI=1S/C18H24N2O3/c1-19-10-12-20(13-11-19)18(21)7-5-4-6-15-8-9-16(22-2)17(14-15)23-3/h4-9,14H,10-13H2,1-3H3/b6-4+,7-5+. The molecule has 5 nitrogen and oxygen atoms in total. The minimum absolute atomic E-state index is 0.0649. The largest absolute Gasteiger partial charge is 0.493 e. The molecule has 1 heterocycles. The van der Waals surface area contributed by atoms with Crippen molar-refractivity contribution in [1.82, 2.24) is 9.80 Å². The smallest absolute Gasteiger partial charge is 0.246 e. The van der Waals surface area contributed by atoms with Crippen molar-refractivity contribution in [2.24, 2.45) is 0 Å². The molecule has 0 aliphatic carbocycles. The molecule has 1 aliphatic rings. The fraction of sp³-hybridized carbons (Fsp3) is 0.389. The zero-order chi connectivity index (χ0) is 16.7. The number of allylic oxidation sites excluding steroid dienone is 2. The van der Waals surface area contributed by atoms with E-state index in [2.05, 4.69) is 11.9 Å². The van der Waals surface area contributed by atoms with E-state index in [1.807, 2.05) is 35.3 Å². The van der Waals surface area contributed by atoms with Gasteiger partial charge in [-0.2, -0.15) is 0 Å². The highest BCUT2D eigenvalue weighted by molar-refractivity contribution is 5.88. The third kappa shape index (κ3) is 4.86. The molecular weight excluding hydrogens is 292 g/mol.